The lowest BCUT2D eigenvalue weighted by atomic mass is 10.2. The van der Waals surface area contributed by atoms with Crippen LogP contribution in [0, 0.1) is 6.92 Å². The first-order valence-corrected chi connectivity index (χ1v) is 10.3. The third-order valence-electron chi connectivity index (χ3n) is 3.78. The van der Waals surface area contributed by atoms with Crippen molar-refractivity contribution in [2.24, 2.45) is 0 Å². The zero-order valence-corrected chi connectivity index (χ0v) is 16.3. The zero-order chi connectivity index (χ0) is 18.7. The van der Waals surface area contributed by atoms with E-state index >= 15 is 0 Å². The summed E-state index contributed by atoms with van der Waals surface area (Å²) < 4.78 is 38.5. The smallest absolute Gasteiger partial charge is 0.243 e. The Morgan fingerprint density at radius 3 is 2.16 bits per heavy atom. The lowest BCUT2D eigenvalue weighted by Gasteiger charge is -2.27. The summed E-state index contributed by atoms with van der Waals surface area (Å²) in [6, 6.07) is 6.84. The summed E-state index contributed by atoms with van der Waals surface area (Å²) in [6.45, 7) is 7.16. The molecule has 1 aromatic rings. The highest BCUT2D eigenvalue weighted by molar-refractivity contribution is 7.89. The standard InChI is InChI=1S/C18H31NO5S/c1-4-23-18(24-5-2)15-19(13-7-6-8-14-20)25(21,22)17-11-9-16(3)10-12-17/h9-12,18,20H,4-8,13-15H2,1-3H3. The minimum atomic E-state index is -3.63. The van der Waals surface area contributed by atoms with Gasteiger partial charge in [0.1, 0.15) is 0 Å². The Morgan fingerprint density at radius 2 is 1.64 bits per heavy atom. The third-order valence-corrected chi connectivity index (χ3v) is 5.66. The first-order valence-electron chi connectivity index (χ1n) is 8.86. The number of rotatable bonds is 13. The Bertz CT molecular complexity index is 568. The van der Waals surface area contributed by atoms with Crippen LogP contribution in [0.25, 0.3) is 0 Å². The van der Waals surface area contributed by atoms with Gasteiger partial charge in [-0.3, -0.25) is 0 Å². The molecule has 0 saturated heterocycles. The molecule has 6 nitrogen and oxygen atoms in total. The normalized spacial score (nSPS) is 12.2. The molecule has 1 N–H and O–H groups in total. The minimum absolute atomic E-state index is 0.116. The van der Waals surface area contributed by atoms with Crippen LogP contribution >= 0.6 is 0 Å². The lowest BCUT2D eigenvalue weighted by Crippen LogP contribution is -2.40. The molecule has 0 aliphatic carbocycles. The third kappa shape index (κ3) is 7.42. The molecule has 0 unspecified atom stereocenters. The molecule has 0 radical (unpaired) electrons. The maximum atomic E-state index is 13.0. The molecule has 1 rings (SSSR count). The highest BCUT2D eigenvalue weighted by atomic mass is 32.2. The Hall–Kier alpha value is -0.990. The highest BCUT2D eigenvalue weighted by Crippen LogP contribution is 2.18. The monoisotopic (exact) mass is 373 g/mol. The number of benzene rings is 1. The van der Waals surface area contributed by atoms with Gasteiger partial charge in [-0.05, 0) is 52.2 Å². The van der Waals surface area contributed by atoms with Gasteiger partial charge < -0.3 is 14.6 Å². The maximum Gasteiger partial charge on any atom is 0.243 e. The first kappa shape index (κ1) is 22.1. The summed E-state index contributed by atoms with van der Waals surface area (Å²) in [6.07, 6.45) is 1.52. The average molecular weight is 374 g/mol. The van der Waals surface area contributed by atoms with Crippen molar-refractivity contribution in [2.45, 2.75) is 51.2 Å². The molecule has 144 valence electrons. The molecule has 0 bridgehead atoms. The van der Waals surface area contributed by atoms with E-state index in [2.05, 4.69) is 0 Å². The number of aryl methyl sites for hydroxylation is 1. The van der Waals surface area contributed by atoms with Crippen LogP contribution in [0.2, 0.25) is 0 Å². The van der Waals surface area contributed by atoms with Crippen LogP contribution in [0.15, 0.2) is 29.2 Å². The predicted molar refractivity (Wildman–Crippen MR) is 97.9 cm³/mol. The molecule has 0 amide bonds. The fourth-order valence-electron chi connectivity index (χ4n) is 2.44. The van der Waals surface area contributed by atoms with Crippen molar-refractivity contribution in [1.82, 2.24) is 4.31 Å². The number of hydrogen-bond acceptors (Lipinski definition) is 5. The number of hydrogen-bond donors (Lipinski definition) is 1. The summed E-state index contributed by atoms with van der Waals surface area (Å²) in [5, 5.41) is 8.91. The molecule has 0 saturated carbocycles. The SMILES string of the molecule is CCOC(CN(CCCCCO)S(=O)(=O)c1ccc(C)cc1)OCC. The summed E-state index contributed by atoms with van der Waals surface area (Å²) in [4.78, 5) is 0.270. The van der Waals surface area contributed by atoms with E-state index in [-0.39, 0.29) is 18.0 Å². The van der Waals surface area contributed by atoms with Crippen LogP contribution in [0.3, 0.4) is 0 Å². The number of aliphatic hydroxyl groups is 1. The molecule has 0 aliphatic heterocycles. The number of ether oxygens (including phenoxy) is 2. The maximum absolute atomic E-state index is 13.0. The van der Waals surface area contributed by atoms with Gasteiger partial charge in [-0.1, -0.05) is 17.7 Å². The second-order valence-corrected chi connectivity index (χ2v) is 7.74. The van der Waals surface area contributed by atoms with Crippen LogP contribution in [-0.2, 0) is 19.5 Å². The second-order valence-electron chi connectivity index (χ2n) is 5.80. The van der Waals surface area contributed by atoms with E-state index in [0.29, 0.717) is 32.6 Å². The molecule has 25 heavy (non-hydrogen) atoms. The molecule has 0 spiro atoms. The molecule has 0 atom stereocenters. The van der Waals surface area contributed by atoms with Crippen molar-refractivity contribution in [3.05, 3.63) is 29.8 Å². The first-order chi connectivity index (χ1) is 12.0. The van der Waals surface area contributed by atoms with Crippen LogP contribution in [0.5, 0.6) is 0 Å². The van der Waals surface area contributed by atoms with Crippen molar-refractivity contribution < 1.29 is 23.0 Å². The van der Waals surface area contributed by atoms with E-state index < -0.39 is 16.3 Å². The van der Waals surface area contributed by atoms with Crippen LogP contribution in [-0.4, -0.2) is 57.0 Å². The van der Waals surface area contributed by atoms with Crippen LogP contribution < -0.4 is 0 Å². The van der Waals surface area contributed by atoms with E-state index in [1.807, 2.05) is 20.8 Å². The molecular weight excluding hydrogens is 342 g/mol. The van der Waals surface area contributed by atoms with Crippen LogP contribution in [0.1, 0.15) is 38.7 Å². The van der Waals surface area contributed by atoms with E-state index in [1.165, 1.54) is 4.31 Å². The minimum Gasteiger partial charge on any atom is -0.396 e. The highest BCUT2D eigenvalue weighted by Gasteiger charge is 2.27. The summed E-state index contributed by atoms with van der Waals surface area (Å²) in [7, 11) is -3.63. The lowest BCUT2D eigenvalue weighted by molar-refractivity contribution is -0.140. The van der Waals surface area contributed by atoms with Gasteiger partial charge >= 0.3 is 0 Å². The van der Waals surface area contributed by atoms with Gasteiger partial charge in [0.05, 0.1) is 11.4 Å². The largest absolute Gasteiger partial charge is 0.396 e. The molecule has 0 heterocycles. The van der Waals surface area contributed by atoms with Gasteiger partial charge in [-0.15, -0.1) is 0 Å². The number of aliphatic hydroxyl groups excluding tert-OH is 1. The molecule has 1 aromatic carbocycles. The summed E-state index contributed by atoms with van der Waals surface area (Å²) in [5.74, 6) is 0. The second kappa shape index (κ2) is 11.6. The van der Waals surface area contributed by atoms with Gasteiger partial charge in [0, 0.05) is 26.4 Å². The van der Waals surface area contributed by atoms with Gasteiger partial charge in [0.15, 0.2) is 6.29 Å². The Kier molecular flexibility index (Phi) is 10.2. The summed E-state index contributed by atoms with van der Waals surface area (Å²) in [5.41, 5.74) is 1.01. The number of nitrogens with zero attached hydrogens (tertiary/aromatic N) is 1. The van der Waals surface area contributed by atoms with Crippen molar-refractivity contribution in [3.8, 4) is 0 Å². The van der Waals surface area contributed by atoms with Crippen molar-refractivity contribution in [2.75, 3.05) is 32.9 Å². The van der Waals surface area contributed by atoms with Crippen molar-refractivity contribution >= 4 is 10.0 Å². The topological polar surface area (TPSA) is 76.1 Å². The van der Waals surface area contributed by atoms with E-state index in [1.54, 1.807) is 24.3 Å². The average Bonchev–Trinajstić information content (AvgIpc) is 2.58. The molecule has 0 aromatic heterocycles. The number of sulfonamides is 1. The summed E-state index contributed by atoms with van der Waals surface area (Å²) >= 11 is 0. The fourth-order valence-corrected chi connectivity index (χ4v) is 3.90. The fraction of sp³-hybridized carbons (Fsp3) is 0.667. The molecular formula is C18H31NO5S. The Balaban J connectivity index is 2.95. The zero-order valence-electron chi connectivity index (χ0n) is 15.5. The predicted octanol–water partition coefficient (Wildman–Crippen LogP) is 2.55. The van der Waals surface area contributed by atoms with E-state index in [4.69, 9.17) is 14.6 Å². The van der Waals surface area contributed by atoms with Gasteiger partial charge in [-0.2, -0.15) is 4.31 Å². The molecule has 0 fully saturated rings. The number of unbranched alkanes of at least 4 members (excludes halogenated alkanes) is 2. The Labute approximate surface area is 151 Å². The van der Waals surface area contributed by atoms with Crippen molar-refractivity contribution in [1.29, 1.82) is 0 Å². The molecule has 7 heteroatoms. The van der Waals surface area contributed by atoms with Crippen LogP contribution in [0.4, 0.5) is 0 Å². The quantitative estimate of drug-likeness (QED) is 0.425. The van der Waals surface area contributed by atoms with E-state index in [9.17, 15) is 8.42 Å². The van der Waals surface area contributed by atoms with Gasteiger partial charge in [0.2, 0.25) is 10.0 Å². The van der Waals surface area contributed by atoms with Gasteiger partial charge in [-0.25, -0.2) is 8.42 Å². The molecule has 0 aliphatic rings. The van der Waals surface area contributed by atoms with E-state index in [0.717, 1.165) is 12.0 Å². The van der Waals surface area contributed by atoms with Crippen molar-refractivity contribution in [3.63, 3.8) is 0 Å². The van der Waals surface area contributed by atoms with Gasteiger partial charge in [0.25, 0.3) is 0 Å². The Morgan fingerprint density at radius 1 is 1.04 bits per heavy atom.